The van der Waals surface area contributed by atoms with Gasteiger partial charge in [0.2, 0.25) is 0 Å². The summed E-state index contributed by atoms with van der Waals surface area (Å²) >= 11 is 10.6. The van der Waals surface area contributed by atoms with Crippen LogP contribution in [0.15, 0.2) is 43.7 Å². The molecule has 0 atom stereocenters. The van der Waals surface area contributed by atoms with Crippen molar-refractivity contribution < 1.29 is 9.47 Å². The summed E-state index contributed by atoms with van der Waals surface area (Å²) in [7, 11) is 3.32. The van der Waals surface area contributed by atoms with Gasteiger partial charge in [-0.3, -0.25) is 0 Å². The summed E-state index contributed by atoms with van der Waals surface area (Å²) in [5.74, 6) is 1.63. The van der Waals surface area contributed by atoms with Crippen LogP contribution in [-0.2, 0) is 6.54 Å². The van der Waals surface area contributed by atoms with Gasteiger partial charge in [-0.15, -0.1) is 0 Å². The molecular weight excluding hydrogens is 466 g/mol. The zero-order valence-electron chi connectivity index (χ0n) is 11.5. The van der Waals surface area contributed by atoms with Crippen LogP contribution in [0.3, 0.4) is 0 Å². The third-order valence-electron chi connectivity index (χ3n) is 2.95. The molecule has 0 radical (unpaired) electrons. The Morgan fingerprint density at radius 2 is 1.62 bits per heavy atom. The van der Waals surface area contributed by atoms with E-state index in [0.717, 1.165) is 36.2 Å². The summed E-state index contributed by atoms with van der Waals surface area (Å²) in [5.41, 5.74) is 2.02. The Hall–Kier alpha value is -0.720. The van der Waals surface area contributed by atoms with Crippen molar-refractivity contribution in [3.8, 4) is 11.5 Å². The van der Waals surface area contributed by atoms with Crippen LogP contribution >= 0.6 is 47.8 Å². The fraction of sp³-hybridized carbons (Fsp3) is 0.200. The minimum atomic E-state index is 0.624. The first kappa shape index (κ1) is 16.6. The highest BCUT2D eigenvalue weighted by molar-refractivity contribution is 9.11. The second-order valence-electron chi connectivity index (χ2n) is 4.28. The molecule has 0 heterocycles. The van der Waals surface area contributed by atoms with Crippen molar-refractivity contribution >= 4 is 53.5 Å². The highest BCUT2D eigenvalue weighted by atomic mass is 79.9. The van der Waals surface area contributed by atoms with Crippen LogP contribution in [0.4, 0.5) is 5.69 Å². The van der Waals surface area contributed by atoms with Crippen molar-refractivity contribution in [1.82, 2.24) is 0 Å². The van der Waals surface area contributed by atoms with E-state index in [1.165, 1.54) is 0 Å². The van der Waals surface area contributed by atoms with Gasteiger partial charge in [0.05, 0.1) is 19.9 Å². The molecule has 112 valence electrons. The second-order valence-corrected chi connectivity index (χ2v) is 6.90. The lowest BCUT2D eigenvalue weighted by atomic mass is 10.2. The molecule has 0 aliphatic heterocycles. The lowest BCUT2D eigenvalue weighted by molar-refractivity contribution is 0.399. The standard InChI is InChI=1S/C15H14Br3NO2/c1-20-11-3-4-14(21-2)9(5-11)8-19-15-12(17)6-10(16)7-13(15)18/h3-7,19H,8H2,1-2H3. The summed E-state index contributed by atoms with van der Waals surface area (Å²) in [6.07, 6.45) is 0. The van der Waals surface area contributed by atoms with Gasteiger partial charge in [-0.2, -0.15) is 0 Å². The number of anilines is 1. The minimum absolute atomic E-state index is 0.624. The SMILES string of the molecule is COc1ccc(OC)c(CNc2c(Br)cc(Br)cc2Br)c1. The first-order valence-corrected chi connectivity index (χ1v) is 8.52. The fourth-order valence-electron chi connectivity index (χ4n) is 1.91. The highest BCUT2D eigenvalue weighted by Crippen LogP contribution is 2.35. The van der Waals surface area contributed by atoms with E-state index in [9.17, 15) is 0 Å². The maximum atomic E-state index is 5.39. The number of halogens is 3. The zero-order valence-corrected chi connectivity index (χ0v) is 16.3. The van der Waals surface area contributed by atoms with Gasteiger partial charge in [0.15, 0.2) is 0 Å². The van der Waals surface area contributed by atoms with Crippen LogP contribution in [0.2, 0.25) is 0 Å². The van der Waals surface area contributed by atoms with E-state index in [2.05, 4.69) is 53.1 Å². The monoisotopic (exact) mass is 477 g/mol. The molecule has 1 N–H and O–H groups in total. The first-order chi connectivity index (χ1) is 10.0. The number of nitrogens with one attached hydrogen (secondary N) is 1. The Balaban J connectivity index is 2.24. The van der Waals surface area contributed by atoms with Crippen LogP contribution in [0.1, 0.15) is 5.56 Å². The molecule has 0 fully saturated rings. The highest BCUT2D eigenvalue weighted by Gasteiger charge is 2.09. The molecule has 0 saturated heterocycles. The van der Waals surface area contributed by atoms with E-state index in [1.807, 2.05) is 30.3 Å². The van der Waals surface area contributed by atoms with Crippen LogP contribution in [0.25, 0.3) is 0 Å². The predicted octanol–water partition coefficient (Wildman–Crippen LogP) is 5.60. The predicted molar refractivity (Wildman–Crippen MR) is 96.4 cm³/mol. The second kappa shape index (κ2) is 7.51. The lowest BCUT2D eigenvalue weighted by Crippen LogP contribution is -2.03. The Morgan fingerprint density at radius 3 is 2.19 bits per heavy atom. The number of hydrogen-bond acceptors (Lipinski definition) is 3. The molecule has 0 aliphatic carbocycles. The third-order valence-corrected chi connectivity index (χ3v) is 4.66. The Morgan fingerprint density at radius 1 is 0.952 bits per heavy atom. The number of methoxy groups -OCH3 is 2. The summed E-state index contributed by atoms with van der Waals surface area (Å²) in [4.78, 5) is 0. The number of benzene rings is 2. The first-order valence-electron chi connectivity index (χ1n) is 6.14. The molecular formula is C15H14Br3NO2. The van der Waals surface area contributed by atoms with Gasteiger partial charge in [0.25, 0.3) is 0 Å². The fourth-order valence-corrected chi connectivity index (χ4v) is 4.45. The van der Waals surface area contributed by atoms with Crippen molar-refractivity contribution in [3.63, 3.8) is 0 Å². The van der Waals surface area contributed by atoms with Gasteiger partial charge in [-0.1, -0.05) is 15.9 Å². The van der Waals surface area contributed by atoms with E-state index in [4.69, 9.17) is 9.47 Å². The Kier molecular flexibility index (Phi) is 5.96. The molecule has 0 unspecified atom stereocenters. The molecule has 2 aromatic carbocycles. The molecule has 0 spiro atoms. The summed E-state index contributed by atoms with van der Waals surface area (Å²) < 4.78 is 13.6. The molecule has 0 aliphatic rings. The van der Waals surface area contributed by atoms with Gasteiger partial charge in [-0.25, -0.2) is 0 Å². The zero-order chi connectivity index (χ0) is 15.4. The van der Waals surface area contributed by atoms with Crippen molar-refractivity contribution in [3.05, 3.63) is 49.3 Å². The Labute approximate surface area is 149 Å². The lowest BCUT2D eigenvalue weighted by Gasteiger charge is -2.14. The summed E-state index contributed by atoms with van der Waals surface area (Å²) in [6, 6.07) is 9.74. The average Bonchev–Trinajstić information content (AvgIpc) is 2.45. The molecule has 6 heteroatoms. The van der Waals surface area contributed by atoms with Crippen LogP contribution in [-0.4, -0.2) is 14.2 Å². The van der Waals surface area contributed by atoms with E-state index in [1.54, 1.807) is 14.2 Å². The van der Waals surface area contributed by atoms with Crippen molar-refractivity contribution in [2.45, 2.75) is 6.54 Å². The normalized spacial score (nSPS) is 10.3. The van der Waals surface area contributed by atoms with Gasteiger partial charge in [0.1, 0.15) is 11.5 Å². The molecule has 2 rings (SSSR count). The quantitative estimate of drug-likeness (QED) is 0.605. The van der Waals surface area contributed by atoms with Gasteiger partial charge in [0, 0.05) is 25.5 Å². The number of ether oxygens (including phenoxy) is 2. The van der Waals surface area contributed by atoms with Gasteiger partial charge in [-0.05, 0) is 62.2 Å². The average molecular weight is 480 g/mol. The van der Waals surface area contributed by atoms with Crippen LogP contribution in [0, 0.1) is 0 Å². The largest absolute Gasteiger partial charge is 0.497 e. The van der Waals surface area contributed by atoms with E-state index < -0.39 is 0 Å². The van der Waals surface area contributed by atoms with E-state index in [-0.39, 0.29) is 0 Å². The smallest absolute Gasteiger partial charge is 0.124 e. The van der Waals surface area contributed by atoms with Crippen LogP contribution in [0.5, 0.6) is 11.5 Å². The number of rotatable bonds is 5. The van der Waals surface area contributed by atoms with Gasteiger partial charge < -0.3 is 14.8 Å². The minimum Gasteiger partial charge on any atom is -0.497 e. The summed E-state index contributed by atoms with van der Waals surface area (Å²) in [6.45, 7) is 0.624. The van der Waals surface area contributed by atoms with Crippen molar-refractivity contribution in [1.29, 1.82) is 0 Å². The summed E-state index contributed by atoms with van der Waals surface area (Å²) in [5, 5.41) is 3.40. The molecule has 3 nitrogen and oxygen atoms in total. The molecule has 2 aromatic rings. The maximum absolute atomic E-state index is 5.39. The molecule has 21 heavy (non-hydrogen) atoms. The van der Waals surface area contributed by atoms with Crippen LogP contribution < -0.4 is 14.8 Å². The Bertz CT molecular complexity index is 624. The van der Waals surface area contributed by atoms with Crippen molar-refractivity contribution in [2.75, 3.05) is 19.5 Å². The van der Waals surface area contributed by atoms with Crippen molar-refractivity contribution in [2.24, 2.45) is 0 Å². The number of hydrogen-bond donors (Lipinski definition) is 1. The van der Waals surface area contributed by atoms with E-state index >= 15 is 0 Å². The molecule has 0 amide bonds. The topological polar surface area (TPSA) is 30.5 Å². The molecule has 0 aromatic heterocycles. The molecule has 0 saturated carbocycles. The van der Waals surface area contributed by atoms with E-state index in [0.29, 0.717) is 6.54 Å². The maximum Gasteiger partial charge on any atom is 0.124 e. The molecule has 0 bridgehead atoms. The van der Waals surface area contributed by atoms with Gasteiger partial charge >= 0.3 is 0 Å². The third kappa shape index (κ3) is 4.14.